The lowest BCUT2D eigenvalue weighted by Crippen LogP contribution is -2.40. The number of carbonyl (C=O) groups excluding carboxylic acids is 1. The maximum Gasteiger partial charge on any atom is 0.317 e. The number of carbonyl (C=O) groups is 1. The molecule has 1 fully saturated rings. The summed E-state index contributed by atoms with van der Waals surface area (Å²) in [6, 6.07) is 10.0. The fourth-order valence-electron chi connectivity index (χ4n) is 3.35. The molecular weight excluding hydrogens is 308 g/mol. The fourth-order valence-corrected chi connectivity index (χ4v) is 4.00. The summed E-state index contributed by atoms with van der Waals surface area (Å²) in [6.07, 6.45) is 1.73. The van der Waals surface area contributed by atoms with E-state index in [0.717, 1.165) is 42.2 Å². The van der Waals surface area contributed by atoms with E-state index in [2.05, 4.69) is 15.3 Å². The highest BCUT2D eigenvalue weighted by atomic mass is 32.1. The zero-order valence-electron chi connectivity index (χ0n) is 13.6. The third-order valence-corrected chi connectivity index (χ3v) is 5.42. The van der Waals surface area contributed by atoms with Gasteiger partial charge in [-0.25, -0.2) is 4.98 Å². The lowest BCUT2D eigenvalue weighted by Gasteiger charge is -2.27. The van der Waals surface area contributed by atoms with Crippen molar-refractivity contribution >= 4 is 17.3 Å². The van der Waals surface area contributed by atoms with Gasteiger partial charge in [0.05, 0.1) is 17.8 Å². The number of ether oxygens (including phenoxy) is 1. The zero-order valence-corrected chi connectivity index (χ0v) is 14.4. The number of hydrogen-bond acceptors (Lipinski definition) is 5. The first kappa shape index (κ1) is 16.1. The van der Waals surface area contributed by atoms with E-state index >= 15 is 0 Å². The number of aromatic nitrogens is 1. The first-order valence-electron chi connectivity index (χ1n) is 7.91. The van der Waals surface area contributed by atoms with Gasteiger partial charge in [-0.2, -0.15) is 0 Å². The van der Waals surface area contributed by atoms with E-state index in [1.807, 2.05) is 37.3 Å². The van der Waals surface area contributed by atoms with Crippen molar-refractivity contribution in [3.05, 3.63) is 52.0 Å². The van der Waals surface area contributed by atoms with E-state index in [1.165, 1.54) is 7.11 Å². The lowest BCUT2D eigenvalue weighted by molar-refractivity contribution is -0.147. The number of hydrogen-bond donors (Lipinski definition) is 0. The lowest BCUT2D eigenvalue weighted by atomic mass is 9.79. The van der Waals surface area contributed by atoms with Crippen molar-refractivity contribution in [2.75, 3.05) is 26.7 Å². The van der Waals surface area contributed by atoms with Gasteiger partial charge in [0.2, 0.25) is 0 Å². The number of thiazole rings is 1. The Morgan fingerprint density at radius 3 is 2.83 bits per heavy atom. The molecule has 0 spiro atoms. The molecule has 1 aliphatic heterocycles. The fraction of sp³-hybridized carbons (Fsp3) is 0.444. The Morgan fingerprint density at radius 2 is 2.17 bits per heavy atom. The quantitative estimate of drug-likeness (QED) is 0.791. The van der Waals surface area contributed by atoms with Gasteiger partial charge in [-0.1, -0.05) is 30.3 Å². The largest absolute Gasteiger partial charge is 0.468 e. The zero-order chi connectivity index (χ0) is 16.3. The third kappa shape index (κ3) is 3.31. The summed E-state index contributed by atoms with van der Waals surface area (Å²) in [7, 11) is 1.48. The number of methoxy groups -OCH3 is 1. The van der Waals surface area contributed by atoms with Gasteiger partial charge in [0.1, 0.15) is 5.41 Å². The van der Waals surface area contributed by atoms with Crippen LogP contribution < -0.4 is 0 Å². The van der Waals surface area contributed by atoms with Crippen molar-refractivity contribution in [3.63, 3.8) is 0 Å². The summed E-state index contributed by atoms with van der Waals surface area (Å²) in [5.41, 5.74) is 1.66. The van der Waals surface area contributed by atoms with Crippen molar-refractivity contribution in [1.29, 1.82) is 0 Å². The van der Waals surface area contributed by atoms with E-state index in [-0.39, 0.29) is 5.97 Å². The number of rotatable bonds is 5. The second-order valence-electron chi connectivity index (χ2n) is 6.07. The molecule has 4 nitrogen and oxygen atoms in total. The molecule has 1 atom stereocenters. The van der Waals surface area contributed by atoms with E-state index in [9.17, 15) is 4.79 Å². The Labute approximate surface area is 141 Å². The van der Waals surface area contributed by atoms with Crippen LogP contribution in [0.1, 0.15) is 22.7 Å². The van der Waals surface area contributed by atoms with Gasteiger partial charge in [-0.05, 0) is 25.5 Å². The average molecular weight is 330 g/mol. The summed E-state index contributed by atoms with van der Waals surface area (Å²) >= 11 is 1.69. The molecule has 2 aromatic rings. The summed E-state index contributed by atoms with van der Waals surface area (Å²) in [5, 5.41) is 3.23. The molecule has 0 radical (unpaired) electrons. The molecule has 0 N–H and O–H groups in total. The number of nitrogens with zero attached hydrogens (tertiary/aromatic N) is 2. The first-order chi connectivity index (χ1) is 11.1. The van der Waals surface area contributed by atoms with Crippen molar-refractivity contribution in [3.8, 4) is 0 Å². The molecule has 1 unspecified atom stereocenters. The standard InChI is InChI=1S/C18H22N2O2S/c1-14-19-16(12-23-14)8-10-20-11-9-18(13-20,17(21)22-2)15-6-4-3-5-7-15/h3-7,12H,8-11,13H2,1-2H3. The first-order valence-corrected chi connectivity index (χ1v) is 8.79. The topological polar surface area (TPSA) is 42.4 Å². The van der Waals surface area contributed by atoms with Crippen LogP contribution in [-0.2, 0) is 21.4 Å². The van der Waals surface area contributed by atoms with Crippen molar-refractivity contribution in [2.45, 2.75) is 25.2 Å². The van der Waals surface area contributed by atoms with E-state index in [4.69, 9.17) is 4.74 Å². The molecule has 1 saturated heterocycles. The Balaban J connectivity index is 1.72. The summed E-state index contributed by atoms with van der Waals surface area (Å²) in [6.45, 7) is 4.58. The highest BCUT2D eigenvalue weighted by Crippen LogP contribution is 2.35. The SMILES string of the molecule is COC(=O)C1(c2ccccc2)CCN(CCc2csc(C)n2)C1. The summed E-state index contributed by atoms with van der Waals surface area (Å²) in [4.78, 5) is 19.4. The van der Waals surface area contributed by atoms with Gasteiger partial charge in [0.25, 0.3) is 0 Å². The highest BCUT2D eigenvalue weighted by molar-refractivity contribution is 7.09. The number of benzene rings is 1. The molecule has 122 valence electrons. The molecule has 0 aliphatic carbocycles. The van der Waals surface area contributed by atoms with Crippen LogP contribution in [0.5, 0.6) is 0 Å². The van der Waals surface area contributed by atoms with Crippen LogP contribution in [-0.4, -0.2) is 42.6 Å². The monoisotopic (exact) mass is 330 g/mol. The van der Waals surface area contributed by atoms with Crippen LogP contribution in [0.25, 0.3) is 0 Å². The van der Waals surface area contributed by atoms with Crippen LogP contribution >= 0.6 is 11.3 Å². The summed E-state index contributed by atoms with van der Waals surface area (Å²) < 4.78 is 5.13. The predicted octanol–water partition coefficient (Wildman–Crippen LogP) is 2.81. The Bertz CT molecular complexity index is 671. The van der Waals surface area contributed by atoms with Crippen LogP contribution in [0, 0.1) is 6.92 Å². The summed E-state index contributed by atoms with van der Waals surface area (Å²) in [5.74, 6) is -0.129. The molecule has 2 heterocycles. The molecule has 23 heavy (non-hydrogen) atoms. The van der Waals surface area contributed by atoms with Gasteiger partial charge in [-0.15, -0.1) is 11.3 Å². The number of esters is 1. The number of likely N-dealkylation sites (tertiary alicyclic amines) is 1. The van der Waals surface area contributed by atoms with Crippen LogP contribution in [0.3, 0.4) is 0 Å². The van der Waals surface area contributed by atoms with Crippen molar-refractivity contribution in [2.24, 2.45) is 0 Å². The van der Waals surface area contributed by atoms with Crippen LogP contribution in [0.2, 0.25) is 0 Å². The second kappa shape index (κ2) is 6.81. The minimum atomic E-state index is -0.534. The molecule has 1 aromatic carbocycles. The minimum absolute atomic E-state index is 0.129. The molecule has 0 saturated carbocycles. The predicted molar refractivity (Wildman–Crippen MR) is 91.7 cm³/mol. The third-order valence-electron chi connectivity index (χ3n) is 4.60. The molecule has 0 bridgehead atoms. The van der Waals surface area contributed by atoms with Gasteiger partial charge in [0.15, 0.2) is 0 Å². The molecule has 1 aromatic heterocycles. The van der Waals surface area contributed by atoms with Gasteiger partial charge < -0.3 is 9.64 Å². The number of aryl methyl sites for hydroxylation is 1. The Morgan fingerprint density at radius 1 is 1.39 bits per heavy atom. The maximum atomic E-state index is 12.5. The van der Waals surface area contributed by atoms with Crippen molar-refractivity contribution in [1.82, 2.24) is 9.88 Å². The molecular formula is C18H22N2O2S. The second-order valence-corrected chi connectivity index (χ2v) is 7.14. The Kier molecular flexibility index (Phi) is 4.78. The van der Waals surface area contributed by atoms with E-state index < -0.39 is 5.41 Å². The van der Waals surface area contributed by atoms with E-state index in [0.29, 0.717) is 6.54 Å². The van der Waals surface area contributed by atoms with Crippen LogP contribution in [0.15, 0.2) is 35.7 Å². The molecule has 5 heteroatoms. The van der Waals surface area contributed by atoms with Crippen molar-refractivity contribution < 1.29 is 9.53 Å². The molecule has 1 aliphatic rings. The minimum Gasteiger partial charge on any atom is -0.468 e. The van der Waals surface area contributed by atoms with Gasteiger partial charge in [-0.3, -0.25) is 4.79 Å². The molecule has 3 rings (SSSR count). The normalized spacial score (nSPS) is 21.5. The molecule has 0 amide bonds. The highest BCUT2D eigenvalue weighted by Gasteiger charge is 2.46. The van der Waals surface area contributed by atoms with E-state index in [1.54, 1.807) is 11.3 Å². The smallest absolute Gasteiger partial charge is 0.317 e. The average Bonchev–Trinajstić information content (AvgIpc) is 3.20. The van der Waals surface area contributed by atoms with Crippen LogP contribution in [0.4, 0.5) is 0 Å². The Hall–Kier alpha value is -1.72. The van der Waals surface area contributed by atoms with Gasteiger partial charge in [0, 0.05) is 24.9 Å². The maximum absolute atomic E-state index is 12.5. The van der Waals surface area contributed by atoms with Gasteiger partial charge >= 0.3 is 5.97 Å².